The second kappa shape index (κ2) is 12.3. The average molecular weight is 588 g/mol. The second-order valence-electron chi connectivity index (χ2n) is 10.9. The van der Waals surface area contributed by atoms with Gasteiger partial charge in [-0.2, -0.15) is 26.3 Å². The summed E-state index contributed by atoms with van der Waals surface area (Å²) in [4.78, 5) is 4.48. The van der Waals surface area contributed by atoms with Crippen LogP contribution in [-0.2, 0) is 24.3 Å². The minimum atomic E-state index is -4.95. The molecule has 0 spiro atoms. The largest absolute Gasteiger partial charge is 0.493 e. The highest BCUT2D eigenvalue weighted by Gasteiger charge is 2.41. The molecule has 0 N–H and O–H groups in total. The van der Waals surface area contributed by atoms with E-state index in [0.717, 1.165) is 38.1 Å². The molecule has 1 saturated carbocycles. The molecule has 0 aromatic heterocycles. The third-order valence-corrected chi connectivity index (χ3v) is 8.36. The molecule has 1 unspecified atom stereocenters. The molecular weight excluding hydrogens is 550 g/mol. The van der Waals surface area contributed by atoms with Crippen molar-refractivity contribution in [3.8, 4) is 17.2 Å². The van der Waals surface area contributed by atoms with Crippen LogP contribution in [-0.4, -0.2) is 63.4 Å². The van der Waals surface area contributed by atoms with Gasteiger partial charge in [0.25, 0.3) is 0 Å². The molecule has 41 heavy (non-hydrogen) atoms. The zero-order valence-corrected chi connectivity index (χ0v) is 23.6. The van der Waals surface area contributed by atoms with Gasteiger partial charge in [-0.25, -0.2) is 0 Å². The van der Waals surface area contributed by atoms with Gasteiger partial charge in [0, 0.05) is 32.2 Å². The summed E-state index contributed by atoms with van der Waals surface area (Å²) in [6.07, 6.45) is -4.23. The minimum absolute atomic E-state index is 0.120. The Morgan fingerprint density at radius 1 is 0.707 bits per heavy atom. The molecule has 2 aromatic carbocycles. The maximum atomic E-state index is 13.7. The van der Waals surface area contributed by atoms with Gasteiger partial charge in [0.2, 0.25) is 5.75 Å². The van der Waals surface area contributed by atoms with Crippen molar-refractivity contribution in [1.82, 2.24) is 9.80 Å². The first-order valence-electron chi connectivity index (χ1n) is 13.7. The van der Waals surface area contributed by atoms with Crippen molar-refractivity contribution in [1.29, 1.82) is 0 Å². The summed E-state index contributed by atoms with van der Waals surface area (Å²) in [5.41, 5.74) is -3.53. The van der Waals surface area contributed by atoms with Crippen LogP contribution in [0, 0.1) is 6.92 Å². The first kappa shape index (κ1) is 31.3. The summed E-state index contributed by atoms with van der Waals surface area (Å²) in [7, 11) is 4.33. The van der Waals surface area contributed by atoms with Crippen molar-refractivity contribution in [3.63, 3.8) is 0 Å². The number of methoxy groups -OCH3 is 3. The first-order chi connectivity index (χ1) is 19.3. The summed E-state index contributed by atoms with van der Waals surface area (Å²) in [6.45, 7) is 7.02. The zero-order valence-electron chi connectivity index (χ0n) is 23.6. The molecule has 227 valence electrons. The van der Waals surface area contributed by atoms with E-state index in [0.29, 0.717) is 41.9 Å². The van der Waals surface area contributed by atoms with Gasteiger partial charge in [0.15, 0.2) is 11.5 Å². The van der Waals surface area contributed by atoms with Gasteiger partial charge in [-0.3, -0.25) is 9.80 Å². The maximum absolute atomic E-state index is 13.7. The van der Waals surface area contributed by atoms with E-state index >= 15 is 0 Å². The topological polar surface area (TPSA) is 34.2 Å². The summed E-state index contributed by atoms with van der Waals surface area (Å²) in [5.74, 6) is 0.952. The minimum Gasteiger partial charge on any atom is -0.493 e. The molecule has 1 atom stereocenters. The predicted octanol–water partition coefficient (Wildman–Crippen LogP) is 6.97. The van der Waals surface area contributed by atoms with Crippen molar-refractivity contribution in [2.45, 2.75) is 62.5 Å². The lowest BCUT2D eigenvalue weighted by Gasteiger charge is -2.48. The van der Waals surface area contributed by atoms with E-state index in [9.17, 15) is 26.3 Å². The summed E-state index contributed by atoms with van der Waals surface area (Å²) in [6, 6.07) is 5.54. The third kappa shape index (κ3) is 6.88. The summed E-state index contributed by atoms with van der Waals surface area (Å²) >= 11 is 0. The Kier molecular flexibility index (Phi) is 9.38. The van der Waals surface area contributed by atoms with E-state index in [4.69, 9.17) is 14.2 Å². The highest BCUT2D eigenvalue weighted by molar-refractivity contribution is 5.56. The molecule has 1 radical (unpaired) electrons. The number of ether oxygens (including phenoxy) is 3. The fourth-order valence-corrected chi connectivity index (χ4v) is 6.17. The number of halogens is 6. The van der Waals surface area contributed by atoms with E-state index in [-0.39, 0.29) is 18.1 Å². The van der Waals surface area contributed by atoms with Gasteiger partial charge in [-0.05, 0) is 67.6 Å². The number of alkyl halides is 6. The van der Waals surface area contributed by atoms with Crippen LogP contribution in [0.5, 0.6) is 17.2 Å². The number of nitrogens with zero attached hydrogens (tertiary/aromatic N) is 2. The smallest absolute Gasteiger partial charge is 0.416 e. The van der Waals surface area contributed by atoms with Gasteiger partial charge in [0.05, 0.1) is 38.0 Å². The van der Waals surface area contributed by atoms with Crippen LogP contribution in [0.1, 0.15) is 54.4 Å². The lowest BCUT2D eigenvalue weighted by molar-refractivity contribution is -0.143. The Balaban J connectivity index is 1.78. The highest BCUT2D eigenvalue weighted by atomic mass is 19.4. The summed E-state index contributed by atoms with van der Waals surface area (Å²) in [5, 5.41) is 0. The molecule has 1 aliphatic heterocycles. The molecule has 11 heteroatoms. The molecule has 0 bridgehead atoms. The van der Waals surface area contributed by atoms with Crippen LogP contribution in [0.2, 0.25) is 0 Å². The van der Waals surface area contributed by atoms with E-state index < -0.39 is 29.0 Å². The van der Waals surface area contributed by atoms with Crippen LogP contribution < -0.4 is 14.2 Å². The molecular formula is C30H37F6N2O3. The predicted molar refractivity (Wildman–Crippen MR) is 143 cm³/mol. The normalized spacial score (nSPS) is 19.6. The molecule has 2 aliphatic rings. The summed E-state index contributed by atoms with van der Waals surface area (Å²) < 4.78 is 98.7. The van der Waals surface area contributed by atoms with Gasteiger partial charge in [-0.1, -0.05) is 19.3 Å². The number of hydrogen-bond acceptors (Lipinski definition) is 5. The third-order valence-electron chi connectivity index (χ3n) is 8.36. The zero-order chi connectivity index (χ0) is 30.0. The van der Waals surface area contributed by atoms with Crippen LogP contribution in [0.25, 0.3) is 0 Å². The van der Waals surface area contributed by atoms with Crippen LogP contribution in [0.15, 0.2) is 30.3 Å². The molecule has 5 nitrogen and oxygen atoms in total. The Morgan fingerprint density at radius 3 is 1.66 bits per heavy atom. The molecule has 0 amide bonds. The van der Waals surface area contributed by atoms with Gasteiger partial charge >= 0.3 is 12.4 Å². The molecule has 1 heterocycles. The van der Waals surface area contributed by atoms with Crippen LogP contribution in [0.3, 0.4) is 0 Å². The number of rotatable bonds is 8. The Morgan fingerprint density at radius 2 is 1.22 bits per heavy atom. The van der Waals surface area contributed by atoms with Gasteiger partial charge in [-0.15, -0.1) is 0 Å². The van der Waals surface area contributed by atoms with Crippen molar-refractivity contribution in [3.05, 3.63) is 59.5 Å². The molecule has 4 rings (SSSR count). The number of hydrogen-bond donors (Lipinski definition) is 0. The van der Waals surface area contributed by atoms with Gasteiger partial charge in [0.1, 0.15) is 0 Å². The lowest BCUT2D eigenvalue weighted by atomic mass is 9.82. The van der Waals surface area contributed by atoms with Crippen molar-refractivity contribution >= 4 is 0 Å². The second-order valence-corrected chi connectivity index (χ2v) is 10.9. The Hall–Kier alpha value is -2.66. The van der Waals surface area contributed by atoms with E-state index in [2.05, 4.69) is 11.8 Å². The fourth-order valence-electron chi connectivity index (χ4n) is 6.17. The quantitative estimate of drug-likeness (QED) is 0.312. The Bertz CT molecular complexity index is 1130. The average Bonchev–Trinajstić information content (AvgIpc) is 2.95. The SMILES string of the molecule is [CH2]C(Cc1cc(C(F)(F)F)cc(C(F)(F)F)c1)(c1cc(OC)c(OC)c(OC)c1)N1CCN(C2CCCCC2)CC1. The van der Waals surface area contributed by atoms with Crippen molar-refractivity contribution in [2.24, 2.45) is 0 Å². The molecule has 2 fully saturated rings. The van der Waals surface area contributed by atoms with Crippen molar-refractivity contribution in [2.75, 3.05) is 47.5 Å². The van der Waals surface area contributed by atoms with Crippen molar-refractivity contribution < 1.29 is 40.6 Å². The fraction of sp³-hybridized carbons (Fsp3) is 0.567. The number of benzene rings is 2. The monoisotopic (exact) mass is 587 g/mol. The molecule has 1 saturated heterocycles. The van der Waals surface area contributed by atoms with E-state index in [1.165, 1.54) is 40.6 Å². The van der Waals surface area contributed by atoms with Crippen LogP contribution >= 0.6 is 0 Å². The maximum Gasteiger partial charge on any atom is 0.416 e. The van der Waals surface area contributed by atoms with Crippen LogP contribution in [0.4, 0.5) is 26.3 Å². The van der Waals surface area contributed by atoms with E-state index in [1.807, 2.05) is 4.90 Å². The van der Waals surface area contributed by atoms with Gasteiger partial charge < -0.3 is 14.2 Å². The molecule has 1 aliphatic carbocycles. The standard InChI is InChI=1S/C30H37F6N2O3/c1-28(21-17-25(39-2)27(41-4)26(18-21)40-3,38-12-10-37(11-13-38)24-8-6-5-7-9-24)19-20-14-22(29(31,32)33)16-23(15-20)30(34,35)36/h14-18,24H,1,5-13,19H2,2-4H3. The first-order valence-corrected chi connectivity index (χ1v) is 13.7. The number of piperazine rings is 1. The van der Waals surface area contributed by atoms with E-state index in [1.54, 1.807) is 12.1 Å². The Labute approximate surface area is 237 Å². The lowest BCUT2D eigenvalue weighted by Crippen LogP contribution is -2.57. The highest BCUT2D eigenvalue weighted by Crippen LogP contribution is 2.45. The molecule has 2 aromatic rings.